The monoisotopic (exact) mass is 424 g/mol. The number of anilines is 1. The first-order valence-corrected chi connectivity index (χ1v) is 10.6. The zero-order chi connectivity index (χ0) is 21.1. The molecular formula is C22H20N2O5S. The SMILES string of the molecule is O=C(C[C@@H]1Sc2ccccc2NC1=O)OCCCCN1C(=O)c2ccccc2C1=O. The average molecular weight is 424 g/mol. The van der Waals surface area contributed by atoms with Crippen molar-refractivity contribution in [3.8, 4) is 0 Å². The normalized spacial score (nSPS) is 17.4. The summed E-state index contributed by atoms with van der Waals surface area (Å²) >= 11 is 1.35. The van der Waals surface area contributed by atoms with Crippen LogP contribution in [0.15, 0.2) is 53.4 Å². The largest absolute Gasteiger partial charge is 0.466 e. The van der Waals surface area contributed by atoms with Crippen molar-refractivity contribution in [1.29, 1.82) is 0 Å². The van der Waals surface area contributed by atoms with E-state index in [1.807, 2.05) is 24.3 Å². The van der Waals surface area contributed by atoms with E-state index >= 15 is 0 Å². The van der Waals surface area contributed by atoms with E-state index in [4.69, 9.17) is 4.74 Å². The summed E-state index contributed by atoms with van der Waals surface area (Å²) in [6, 6.07) is 14.2. The number of imide groups is 1. The number of hydrogen-bond acceptors (Lipinski definition) is 6. The fraction of sp³-hybridized carbons (Fsp3) is 0.273. The summed E-state index contributed by atoms with van der Waals surface area (Å²) in [7, 11) is 0. The number of fused-ring (bicyclic) bond motifs is 2. The Labute approximate surface area is 177 Å². The molecule has 0 spiro atoms. The van der Waals surface area contributed by atoms with Crippen LogP contribution in [-0.2, 0) is 14.3 Å². The van der Waals surface area contributed by atoms with Crippen LogP contribution in [0.3, 0.4) is 0 Å². The Morgan fingerprint density at radius 3 is 2.37 bits per heavy atom. The van der Waals surface area contributed by atoms with Crippen molar-refractivity contribution in [2.45, 2.75) is 29.4 Å². The highest BCUT2D eigenvalue weighted by Crippen LogP contribution is 2.36. The lowest BCUT2D eigenvalue weighted by atomic mass is 10.1. The molecule has 0 bridgehead atoms. The molecule has 0 unspecified atom stereocenters. The van der Waals surface area contributed by atoms with Crippen molar-refractivity contribution in [1.82, 2.24) is 4.90 Å². The fourth-order valence-electron chi connectivity index (χ4n) is 3.44. The van der Waals surface area contributed by atoms with Gasteiger partial charge in [-0.3, -0.25) is 24.1 Å². The van der Waals surface area contributed by atoms with Crippen molar-refractivity contribution in [3.05, 3.63) is 59.7 Å². The van der Waals surface area contributed by atoms with Crippen LogP contribution < -0.4 is 5.32 Å². The first-order chi connectivity index (χ1) is 14.5. The van der Waals surface area contributed by atoms with Gasteiger partial charge in [-0.25, -0.2) is 0 Å². The smallest absolute Gasteiger partial charge is 0.307 e. The number of esters is 1. The first-order valence-electron chi connectivity index (χ1n) is 9.72. The predicted octanol–water partition coefficient (Wildman–Crippen LogP) is 3.11. The van der Waals surface area contributed by atoms with E-state index in [0.717, 1.165) is 10.6 Å². The molecule has 0 saturated heterocycles. The molecule has 3 amide bonds. The second kappa shape index (κ2) is 8.71. The van der Waals surface area contributed by atoms with Gasteiger partial charge in [-0.2, -0.15) is 0 Å². The third-order valence-electron chi connectivity index (χ3n) is 4.98. The summed E-state index contributed by atoms with van der Waals surface area (Å²) in [5.41, 5.74) is 1.61. The van der Waals surface area contributed by atoms with Gasteiger partial charge in [-0.1, -0.05) is 24.3 Å². The first kappa shape index (κ1) is 20.2. The Bertz CT molecular complexity index is 987. The molecule has 1 N–H and O–H groups in total. The number of hydrogen-bond donors (Lipinski definition) is 1. The minimum absolute atomic E-state index is 0.0107. The van der Waals surface area contributed by atoms with Gasteiger partial charge in [-0.15, -0.1) is 11.8 Å². The number of rotatable bonds is 7. The van der Waals surface area contributed by atoms with Gasteiger partial charge in [0, 0.05) is 11.4 Å². The van der Waals surface area contributed by atoms with E-state index < -0.39 is 11.2 Å². The van der Waals surface area contributed by atoms with Crippen LogP contribution in [0.4, 0.5) is 5.69 Å². The highest BCUT2D eigenvalue weighted by Gasteiger charge is 2.34. The molecule has 30 heavy (non-hydrogen) atoms. The third-order valence-corrected chi connectivity index (χ3v) is 6.25. The van der Waals surface area contributed by atoms with Gasteiger partial charge in [0.2, 0.25) is 5.91 Å². The van der Waals surface area contributed by atoms with Gasteiger partial charge in [0.25, 0.3) is 11.8 Å². The maximum atomic E-state index is 12.3. The Kier molecular flexibility index (Phi) is 5.85. The van der Waals surface area contributed by atoms with Crippen molar-refractivity contribution >= 4 is 41.1 Å². The molecule has 4 rings (SSSR count). The van der Waals surface area contributed by atoms with Gasteiger partial charge in [0.05, 0.1) is 35.1 Å². The number of unbranched alkanes of at least 4 members (excludes halogenated alkanes) is 1. The molecule has 154 valence electrons. The van der Waals surface area contributed by atoms with Gasteiger partial charge < -0.3 is 10.1 Å². The Morgan fingerprint density at radius 2 is 1.63 bits per heavy atom. The maximum Gasteiger partial charge on any atom is 0.307 e. The van der Waals surface area contributed by atoms with Crippen molar-refractivity contribution in [2.75, 3.05) is 18.5 Å². The quantitative estimate of drug-likeness (QED) is 0.417. The van der Waals surface area contributed by atoms with Gasteiger partial charge in [0.15, 0.2) is 0 Å². The Hall–Kier alpha value is -3.13. The number of thioether (sulfide) groups is 1. The molecule has 2 aliphatic rings. The van der Waals surface area contributed by atoms with E-state index in [0.29, 0.717) is 24.0 Å². The summed E-state index contributed by atoms with van der Waals surface area (Å²) in [5.74, 6) is -1.22. The molecule has 2 aliphatic heterocycles. The number of benzene rings is 2. The standard InChI is InChI=1S/C22H20N2O5S/c25-19(13-18-20(26)23-16-9-3-4-10-17(16)30-18)29-12-6-5-11-24-21(27)14-7-1-2-8-15(14)22(24)28/h1-4,7-10,18H,5-6,11-13H2,(H,23,26)/t18-/m0/s1. The number of ether oxygens (including phenoxy) is 1. The fourth-order valence-corrected chi connectivity index (χ4v) is 4.53. The van der Waals surface area contributed by atoms with Crippen LogP contribution in [0, 0.1) is 0 Å². The molecule has 8 heteroatoms. The number of nitrogens with one attached hydrogen (secondary N) is 1. The topological polar surface area (TPSA) is 92.8 Å². The van der Waals surface area contributed by atoms with Gasteiger partial charge >= 0.3 is 5.97 Å². The number of carbonyl (C=O) groups excluding carboxylic acids is 4. The maximum absolute atomic E-state index is 12.3. The molecule has 7 nitrogen and oxygen atoms in total. The summed E-state index contributed by atoms with van der Waals surface area (Å²) in [5, 5.41) is 2.28. The molecular weight excluding hydrogens is 404 g/mol. The molecule has 2 aromatic carbocycles. The summed E-state index contributed by atoms with van der Waals surface area (Å²) in [4.78, 5) is 51.0. The number of amides is 3. The molecule has 0 aromatic heterocycles. The second-order valence-corrected chi connectivity index (χ2v) is 8.28. The molecule has 0 aliphatic carbocycles. The van der Waals surface area contributed by atoms with Gasteiger partial charge in [0.1, 0.15) is 0 Å². The lowest BCUT2D eigenvalue weighted by Gasteiger charge is -2.23. The van der Waals surface area contributed by atoms with Crippen LogP contribution in [0.1, 0.15) is 40.0 Å². The van der Waals surface area contributed by atoms with Crippen LogP contribution in [-0.4, -0.2) is 47.0 Å². The molecule has 1 atom stereocenters. The second-order valence-electron chi connectivity index (χ2n) is 7.03. The van der Waals surface area contributed by atoms with Gasteiger partial charge in [-0.05, 0) is 37.1 Å². The Morgan fingerprint density at radius 1 is 0.967 bits per heavy atom. The molecule has 0 radical (unpaired) electrons. The van der Waals surface area contributed by atoms with Crippen LogP contribution in [0.2, 0.25) is 0 Å². The van der Waals surface area contributed by atoms with Crippen molar-refractivity contribution < 1.29 is 23.9 Å². The third kappa shape index (κ3) is 4.09. The lowest BCUT2D eigenvalue weighted by molar-refractivity contribution is -0.144. The van der Waals surface area contributed by atoms with E-state index in [9.17, 15) is 19.2 Å². The molecule has 2 heterocycles. The lowest BCUT2D eigenvalue weighted by Crippen LogP contribution is -2.31. The van der Waals surface area contributed by atoms with E-state index in [-0.39, 0.29) is 37.3 Å². The van der Waals surface area contributed by atoms with E-state index in [2.05, 4.69) is 5.32 Å². The zero-order valence-corrected chi connectivity index (χ0v) is 16.9. The number of para-hydroxylation sites is 1. The van der Waals surface area contributed by atoms with E-state index in [1.54, 1.807) is 24.3 Å². The van der Waals surface area contributed by atoms with Crippen LogP contribution in [0.25, 0.3) is 0 Å². The molecule has 0 saturated carbocycles. The van der Waals surface area contributed by atoms with Crippen molar-refractivity contribution in [2.24, 2.45) is 0 Å². The minimum Gasteiger partial charge on any atom is -0.466 e. The zero-order valence-electron chi connectivity index (χ0n) is 16.1. The highest BCUT2D eigenvalue weighted by atomic mass is 32.2. The predicted molar refractivity (Wildman–Crippen MR) is 111 cm³/mol. The van der Waals surface area contributed by atoms with E-state index in [1.165, 1.54) is 16.7 Å². The van der Waals surface area contributed by atoms with Crippen LogP contribution in [0.5, 0.6) is 0 Å². The molecule has 0 fully saturated rings. The summed E-state index contributed by atoms with van der Waals surface area (Å²) in [6.45, 7) is 0.457. The summed E-state index contributed by atoms with van der Waals surface area (Å²) in [6.07, 6.45) is 1.04. The Balaban J connectivity index is 1.19. The number of carbonyl (C=O) groups is 4. The minimum atomic E-state index is -0.522. The highest BCUT2D eigenvalue weighted by molar-refractivity contribution is 8.01. The van der Waals surface area contributed by atoms with Crippen molar-refractivity contribution in [3.63, 3.8) is 0 Å². The summed E-state index contributed by atoms with van der Waals surface area (Å²) < 4.78 is 5.24. The average Bonchev–Trinajstić information content (AvgIpc) is 2.99. The molecule has 2 aromatic rings. The van der Waals surface area contributed by atoms with Crippen LogP contribution >= 0.6 is 11.8 Å². The number of nitrogens with zero attached hydrogens (tertiary/aromatic N) is 1.